The molecule has 0 saturated heterocycles. The summed E-state index contributed by atoms with van der Waals surface area (Å²) >= 11 is 0. The fraction of sp³-hybridized carbons (Fsp3) is 0.118. The summed E-state index contributed by atoms with van der Waals surface area (Å²) in [4.78, 5) is 10.7. The minimum Gasteiger partial charge on any atom is -0.493 e. The average molecular weight is 283 g/mol. The van der Waals surface area contributed by atoms with E-state index in [1.165, 1.54) is 6.08 Å². The van der Waals surface area contributed by atoms with Crippen LogP contribution in [0.5, 0.6) is 11.5 Å². The maximum atomic E-state index is 10.7. The van der Waals surface area contributed by atoms with Crippen molar-refractivity contribution in [1.29, 1.82) is 0 Å². The first kappa shape index (κ1) is 14.7. The van der Waals surface area contributed by atoms with Crippen LogP contribution >= 0.6 is 0 Å². The highest BCUT2D eigenvalue weighted by molar-refractivity contribution is 5.90. The molecule has 2 aromatic rings. The molecule has 0 aliphatic carbocycles. The summed E-state index contributed by atoms with van der Waals surface area (Å²) in [6, 6.07) is 15.3. The normalized spacial score (nSPS) is 10.5. The van der Waals surface area contributed by atoms with E-state index in [-0.39, 0.29) is 0 Å². The van der Waals surface area contributed by atoms with Crippen molar-refractivity contribution in [2.75, 3.05) is 7.11 Å². The van der Waals surface area contributed by atoms with E-state index in [0.717, 1.165) is 11.1 Å². The molecule has 2 rings (SSSR count). The van der Waals surface area contributed by atoms with Crippen molar-refractivity contribution in [1.82, 2.24) is 0 Å². The number of benzene rings is 2. The Bertz CT molecular complexity index is 636. The van der Waals surface area contributed by atoms with Crippen LogP contribution in [0.15, 0.2) is 54.6 Å². The SMILES string of the molecule is COc1cc(/C=C\C(N)=O)ccc1OCc1ccccc1. The zero-order valence-corrected chi connectivity index (χ0v) is 11.8. The molecule has 2 N–H and O–H groups in total. The monoisotopic (exact) mass is 283 g/mol. The fourth-order valence-corrected chi connectivity index (χ4v) is 1.82. The van der Waals surface area contributed by atoms with Gasteiger partial charge in [-0.1, -0.05) is 36.4 Å². The Morgan fingerprint density at radius 2 is 1.90 bits per heavy atom. The van der Waals surface area contributed by atoms with E-state index in [1.807, 2.05) is 42.5 Å². The van der Waals surface area contributed by atoms with Crippen molar-refractivity contribution in [2.24, 2.45) is 5.73 Å². The average Bonchev–Trinajstić information content (AvgIpc) is 2.52. The molecule has 0 unspecified atom stereocenters. The van der Waals surface area contributed by atoms with Gasteiger partial charge >= 0.3 is 0 Å². The first-order chi connectivity index (χ1) is 10.2. The molecule has 0 fully saturated rings. The number of primary amides is 1. The van der Waals surface area contributed by atoms with Gasteiger partial charge in [-0.15, -0.1) is 0 Å². The zero-order valence-electron chi connectivity index (χ0n) is 11.8. The van der Waals surface area contributed by atoms with Crippen molar-refractivity contribution in [2.45, 2.75) is 6.61 Å². The summed E-state index contributed by atoms with van der Waals surface area (Å²) in [5.41, 5.74) is 6.97. The summed E-state index contributed by atoms with van der Waals surface area (Å²) < 4.78 is 11.1. The molecule has 21 heavy (non-hydrogen) atoms. The lowest BCUT2D eigenvalue weighted by atomic mass is 10.2. The Labute approximate surface area is 123 Å². The molecule has 0 atom stereocenters. The molecule has 4 nitrogen and oxygen atoms in total. The van der Waals surface area contributed by atoms with Crippen molar-refractivity contribution < 1.29 is 14.3 Å². The van der Waals surface area contributed by atoms with Gasteiger partial charge in [0.25, 0.3) is 0 Å². The minimum atomic E-state index is -0.488. The molecule has 2 aromatic carbocycles. The second kappa shape index (κ2) is 7.14. The molecule has 0 aliphatic heterocycles. The first-order valence-electron chi connectivity index (χ1n) is 6.51. The molecular formula is C17H17NO3. The molecule has 0 heterocycles. The first-order valence-corrected chi connectivity index (χ1v) is 6.51. The molecule has 108 valence electrons. The lowest BCUT2D eigenvalue weighted by molar-refractivity contribution is -0.113. The van der Waals surface area contributed by atoms with Gasteiger partial charge in [-0.05, 0) is 29.3 Å². The largest absolute Gasteiger partial charge is 0.493 e. The predicted octanol–water partition coefficient (Wildman–Crippen LogP) is 2.77. The zero-order chi connectivity index (χ0) is 15.1. The third-order valence-corrected chi connectivity index (χ3v) is 2.86. The Kier molecular flexibility index (Phi) is 4.99. The van der Waals surface area contributed by atoms with Crippen LogP contribution in [-0.2, 0) is 11.4 Å². The van der Waals surface area contributed by atoms with E-state index in [2.05, 4.69) is 0 Å². The molecule has 0 spiro atoms. The quantitative estimate of drug-likeness (QED) is 0.829. The van der Waals surface area contributed by atoms with Gasteiger partial charge in [0.05, 0.1) is 7.11 Å². The van der Waals surface area contributed by atoms with E-state index in [0.29, 0.717) is 18.1 Å². The van der Waals surface area contributed by atoms with E-state index in [9.17, 15) is 4.79 Å². The van der Waals surface area contributed by atoms with E-state index in [4.69, 9.17) is 15.2 Å². The van der Waals surface area contributed by atoms with Crippen LogP contribution in [0.2, 0.25) is 0 Å². The fourth-order valence-electron chi connectivity index (χ4n) is 1.82. The Hall–Kier alpha value is -2.75. The van der Waals surface area contributed by atoms with Crippen LogP contribution in [0.3, 0.4) is 0 Å². The van der Waals surface area contributed by atoms with Crippen LogP contribution in [0.1, 0.15) is 11.1 Å². The number of hydrogen-bond donors (Lipinski definition) is 1. The van der Waals surface area contributed by atoms with Gasteiger partial charge in [-0.3, -0.25) is 4.79 Å². The van der Waals surface area contributed by atoms with Crippen LogP contribution in [0.25, 0.3) is 6.08 Å². The summed E-state index contributed by atoms with van der Waals surface area (Å²) in [6.45, 7) is 0.466. The van der Waals surface area contributed by atoms with Crippen LogP contribution in [0.4, 0.5) is 0 Å². The van der Waals surface area contributed by atoms with Gasteiger partial charge in [0.1, 0.15) is 6.61 Å². The maximum Gasteiger partial charge on any atom is 0.241 e. The Morgan fingerprint density at radius 1 is 1.14 bits per heavy atom. The van der Waals surface area contributed by atoms with E-state index in [1.54, 1.807) is 19.3 Å². The third-order valence-electron chi connectivity index (χ3n) is 2.86. The Morgan fingerprint density at radius 3 is 2.57 bits per heavy atom. The van der Waals surface area contributed by atoms with Crippen LogP contribution in [-0.4, -0.2) is 13.0 Å². The maximum absolute atomic E-state index is 10.7. The van der Waals surface area contributed by atoms with Crippen molar-refractivity contribution in [3.05, 3.63) is 65.7 Å². The lowest BCUT2D eigenvalue weighted by Crippen LogP contribution is -2.05. The summed E-state index contributed by atoms with van der Waals surface area (Å²) in [5, 5.41) is 0. The number of rotatable bonds is 6. The topological polar surface area (TPSA) is 61.5 Å². The standard InChI is InChI=1S/C17H17NO3/c1-20-16-11-13(8-10-17(18)19)7-9-15(16)21-12-14-5-3-2-4-6-14/h2-11H,12H2,1H3,(H2,18,19)/b10-8-. The second-order valence-electron chi connectivity index (χ2n) is 4.42. The Balaban J connectivity index is 2.11. The number of nitrogens with two attached hydrogens (primary N) is 1. The summed E-state index contributed by atoms with van der Waals surface area (Å²) in [7, 11) is 1.58. The summed E-state index contributed by atoms with van der Waals surface area (Å²) in [5.74, 6) is 0.772. The smallest absolute Gasteiger partial charge is 0.241 e. The molecule has 0 aromatic heterocycles. The van der Waals surface area contributed by atoms with Gasteiger partial charge in [-0.25, -0.2) is 0 Å². The van der Waals surface area contributed by atoms with Crippen molar-refractivity contribution in [3.8, 4) is 11.5 Å². The molecule has 0 radical (unpaired) electrons. The summed E-state index contributed by atoms with van der Waals surface area (Å²) in [6.07, 6.45) is 2.94. The highest BCUT2D eigenvalue weighted by Crippen LogP contribution is 2.29. The van der Waals surface area contributed by atoms with Crippen molar-refractivity contribution >= 4 is 12.0 Å². The minimum absolute atomic E-state index is 0.466. The third kappa shape index (κ3) is 4.38. The number of methoxy groups -OCH3 is 1. The predicted molar refractivity (Wildman–Crippen MR) is 82.0 cm³/mol. The number of amides is 1. The molecular weight excluding hydrogens is 266 g/mol. The molecule has 0 aliphatic rings. The van der Waals surface area contributed by atoms with E-state index >= 15 is 0 Å². The van der Waals surface area contributed by atoms with Crippen LogP contribution < -0.4 is 15.2 Å². The molecule has 4 heteroatoms. The second-order valence-corrected chi connectivity index (χ2v) is 4.42. The molecule has 0 saturated carbocycles. The van der Waals surface area contributed by atoms with Gasteiger partial charge in [0.15, 0.2) is 11.5 Å². The van der Waals surface area contributed by atoms with Crippen molar-refractivity contribution in [3.63, 3.8) is 0 Å². The van der Waals surface area contributed by atoms with Crippen LogP contribution in [0, 0.1) is 0 Å². The number of carbonyl (C=O) groups excluding carboxylic acids is 1. The highest BCUT2D eigenvalue weighted by Gasteiger charge is 2.05. The van der Waals surface area contributed by atoms with Gasteiger partial charge < -0.3 is 15.2 Å². The van der Waals surface area contributed by atoms with E-state index < -0.39 is 5.91 Å². The number of ether oxygens (including phenoxy) is 2. The highest BCUT2D eigenvalue weighted by atomic mass is 16.5. The number of carbonyl (C=O) groups is 1. The van der Waals surface area contributed by atoms with Gasteiger partial charge in [0.2, 0.25) is 5.91 Å². The van der Waals surface area contributed by atoms with Gasteiger partial charge in [-0.2, -0.15) is 0 Å². The molecule has 1 amide bonds. The molecule has 0 bridgehead atoms. The lowest BCUT2D eigenvalue weighted by Gasteiger charge is -2.11. The van der Waals surface area contributed by atoms with Gasteiger partial charge in [0, 0.05) is 6.08 Å². The number of hydrogen-bond acceptors (Lipinski definition) is 3.